The largest absolute Gasteiger partial charge is 0.514 e. The molecule has 2 aromatic carbocycles. The van der Waals surface area contributed by atoms with Crippen LogP contribution < -0.4 is 18.9 Å². The second-order valence-electron chi connectivity index (χ2n) is 13.5. The van der Waals surface area contributed by atoms with Crippen molar-refractivity contribution in [1.29, 1.82) is 0 Å². The Morgan fingerprint density at radius 3 is 2.36 bits per heavy atom. The molecule has 2 aromatic heterocycles. The van der Waals surface area contributed by atoms with Crippen molar-refractivity contribution in [1.82, 2.24) is 14.9 Å². The van der Waals surface area contributed by atoms with Crippen molar-refractivity contribution < 1.29 is 52.3 Å². The number of nitrogens with one attached hydrogen (secondary N) is 1. The summed E-state index contributed by atoms with van der Waals surface area (Å²) in [5.41, 5.74) is 4.31. The minimum atomic E-state index is -0.994. The third kappa shape index (κ3) is 6.96. The molecule has 53 heavy (non-hydrogen) atoms. The van der Waals surface area contributed by atoms with E-state index >= 15 is 0 Å². The van der Waals surface area contributed by atoms with Gasteiger partial charge in [-0.05, 0) is 78.6 Å². The number of aromatic amines is 1. The molecule has 6 atom stereocenters. The number of aromatic nitrogens is 2. The Morgan fingerprint density at radius 1 is 0.925 bits per heavy atom. The number of nitrogens with zero attached hydrogens (tertiary/aromatic N) is 2. The van der Waals surface area contributed by atoms with Gasteiger partial charge in [-0.1, -0.05) is 0 Å². The Kier molecular flexibility index (Phi) is 10.4. The molecule has 2 aliphatic heterocycles. The number of pyridine rings is 1. The van der Waals surface area contributed by atoms with Gasteiger partial charge in [-0.3, -0.25) is 14.7 Å². The summed E-state index contributed by atoms with van der Waals surface area (Å²) in [5, 5.41) is 1.19. The second kappa shape index (κ2) is 15.3. The highest BCUT2D eigenvalue weighted by Gasteiger charge is 2.54. The molecule has 14 nitrogen and oxygen atoms in total. The number of rotatable bonds is 10. The lowest BCUT2D eigenvalue weighted by Crippen LogP contribution is -2.58. The summed E-state index contributed by atoms with van der Waals surface area (Å²) in [7, 11) is 7.29. The van der Waals surface area contributed by atoms with E-state index in [2.05, 4.69) is 20.9 Å². The lowest BCUT2D eigenvalue weighted by molar-refractivity contribution is -0.176. The number of hydrogen-bond donors (Lipinski definition) is 1. The van der Waals surface area contributed by atoms with Crippen LogP contribution in [0, 0.1) is 17.8 Å². The highest BCUT2D eigenvalue weighted by atomic mass is 16.7. The molecule has 3 aliphatic rings. The predicted octanol–water partition coefficient (Wildman–Crippen LogP) is 5.27. The van der Waals surface area contributed by atoms with Gasteiger partial charge in [-0.15, -0.1) is 0 Å². The van der Waals surface area contributed by atoms with Crippen LogP contribution in [0.3, 0.4) is 0 Å². The van der Waals surface area contributed by atoms with Gasteiger partial charge in [0, 0.05) is 55.3 Å². The molecule has 2 fully saturated rings. The minimum absolute atomic E-state index is 0.0311. The first-order chi connectivity index (χ1) is 25.8. The van der Waals surface area contributed by atoms with E-state index in [-0.39, 0.29) is 47.3 Å². The first-order valence-corrected chi connectivity index (χ1v) is 17.5. The zero-order valence-electron chi connectivity index (χ0n) is 30.3. The van der Waals surface area contributed by atoms with Crippen molar-refractivity contribution in [2.75, 3.05) is 48.6 Å². The SMILES string of the molecule is COC(=O)[C@H]1C2C[C@@H]3c4[nH]c5cc(OC)ccc5c4CCN3CC2CC(OC(=O)c2cc(OC)c(OC(=O)OCc3ccncc3)c(OC)c2)[C@@H]1OC. The molecule has 4 aromatic rings. The average molecular weight is 730 g/mol. The van der Waals surface area contributed by atoms with E-state index in [0.29, 0.717) is 12.8 Å². The van der Waals surface area contributed by atoms with Gasteiger partial charge in [0.05, 0.1) is 46.0 Å². The van der Waals surface area contributed by atoms with Crippen molar-refractivity contribution in [3.63, 3.8) is 0 Å². The fraction of sp³-hybridized carbons (Fsp3) is 0.436. The Balaban J connectivity index is 1.10. The molecule has 0 bridgehead atoms. The summed E-state index contributed by atoms with van der Waals surface area (Å²) in [6.07, 6.45) is 2.75. The first-order valence-electron chi connectivity index (χ1n) is 17.5. The number of carbonyl (C=O) groups excluding carboxylic acids is 3. The van der Waals surface area contributed by atoms with E-state index in [0.717, 1.165) is 36.3 Å². The zero-order valence-corrected chi connectivity index (χ0v) is 30.3. The number of hydrogen-bond acceptors (Lipinski definition) is 13. The van der Waals surface area contributed by atoms with Crippen LogP contribution in [0.5, 0.6) is 23.0 Å². The zero-order chi connectivity index (χ0) is 37.2. The van der Waals surface area contributed by atoms with E-state index in [1.807, 2.05) is 12.1 Å². The Bertz CT molecular complexity index is 1960. The van der Waals surface area contributed by atoms with Crippen LogP contribution in [0.25, 0.3) is 10.9 Å². The van der Waals surface area contributed by atoms with Gasteiger partial charge in [0.1, 0.15) is 24.6 Å². The Hall–Kier alpha value is -5.34. The van der Waals surface area contributed by atoms with Crippen LogP contribution >= 0.6 is 0 Å². The third-order valence-electron chi connectivity index (χ3n) is 10.8. The molecule has 280 valence electrons. The van der Waals surface area contributed by atoms with Crippen LogP contribution in [-0.2, 0) is 36.8 Å². The van der Waals surface area contributed by atoms with Gasteiger partial charge in [0.15, 0.2) is 11.5 Å². The normalized spacial score (nSPS) is 23.5. The summed E-state index contributed by atoms with van der Waals surface area (Å²) in [6, 6.07) is 12.4. The van der Waals surface area contributed by atoms with Gasteiger partial charge in [0.25, 0.3) is 0 Å². The van der Waals surface area contributed by atoms with E-state index in [4.69, 9.17) is 37.9 Å². The second-order valence-corrected chi connectivity index (χ2v) is 13.5. The fourth-order valence-corrected chi connectivity index (χ4v) is 8.40. The van der Waals surface area contributed by atoms with Crippen LogP contribution in [0.1, 0.15) is 46.1 Å². The maximum atomic E-state index is 13.8. The van der Waals surface area contributed by atoms with Crippen molar-refractivity contribution in [2.24, 2.45) is 17.8 Å². The maximum Gasteiger partial charge on any atom is 0.514 e. The third-order valence-corrected chi connectivity index (χ3v) is 10.8. The van der Waals surface area contributed by atoms with Crippen LogP contribution in [0.15, 0.2) is 54.9 Å². The molecular weight excluding hydrogens is 686 g/mol. The number of benzene rings is 2. The number of ether oxygens (including phenoxy) is 8. The number of H-pyrrole nitrogens is 1. The standard InChI is InChI=1S/C39H43N3O11/c1-46-24-6-7-25-26-10-13-42-19-23-16-32(36(49-4)33(38(44)50-5)27(23)18-29(42)34(26)41-28(25)17-24)52-37(43)22-14-30(47-2)35(31(15-22)48-3)53-39(45)51-20-21-8-11-40-12-9-21/h6-9,11-12,14-15,17,23,27,29,32-33,36,41H,10,13,16,18-20H2,1-5H3/t23?,27?,29-,32?,33+,36+/m1/s1. The topological polar surface area (TPSA) is 157 Å². The molecule has 4 heterocycles. The smallest absolute Gasteiger partial charge is 0.497 e. The lowest BCUT2D eigenvalue weighted by Gasteiger charge is -2.52. The van der Waals surface area contributed by atoms with E-state index < -0.39 is 36.2 Å². The minimum Gasteiger partial charge on any atom is -0.497 e. The van der Waals surface area contributed by atoms with Gasteiger partial charge < -0.3 is 42.9 Å². The first kappa shape index (κ1) is 36.0. The molecule has 0 amide bonds. The molecular formula is C39H43N3O11. The number of carbonyl (C=O) groups is 3. The summed E-state index contributed by atoms with van der Waals surface area (Å²) < 4.78 is 44.6. The maximum absolute atomic E-state index is 13.8. The fourth-order valence-electron chi connectivity index (χ4n) is 8.40. The van der Waals surface area contributed by atoms with E-state index in [1.165, 1.54) is 57.2 Å². The molecule has 0 radical (unpaired) electrons. The predicted molar refractivity (Wildman–Crippen MR) is 189 cm³/mol. The molecule has 0 spiro atoms. The van der Waals surface area contributed by atoms with Crippen molar-refractivity contribution >= 4 is 29.0 Å². The number of fused-ring (bicyclic) bond motifs is 6. The average Bonchev–Trinajstić information content (AvgIpc) is 3.57. The van der Waals surface area contributed by atoms with Crippen molar-refractivity contribution in [3.8, 4) is 23.0 Å². The molecule has 14 heteroatoms. The van der Waals surface area contributed by atoms with Crippen LogP contribution in [0.2, 0.25) is 0 Å². The van der Waals surface area contributed by atoms with Crippen molar-refractivity contribution in [3.05, 3.63) is 77.2 Å². The van der Waals surface area contributed by atoms with Gasteiger partial charge in [-0.2, -0.15) is 0 Å². The van der Waals surface area contributed by atoms with Crippen LogP contribution in [-0.4, -0.2) is 93.8 Å². The summed E-state index contributed by atoms with van der Waals surface area (Å²) >= 11 is 0. The van der Waals surface area contributed by atoms with Crippen LogP contribution in [0.4, 0.5) is 4.79 Å². The summed E-state index contributed by atoms with van der Waals surface area (Å²) in [5.74, 6) is -0.985. The van der Waals surface area contributed by atoms with E-state index in [9.17, 15) is 14.4 Å². The van der Waals surface area contributed by atoms with Gasteiger partial charge in [-0.25, -0.2) is 9.59 Å². The summed E-state index contributed by atoms with van der Waals surface area (Å²) in [6.45, 7) is 1.55. The van der Waals surface area contributed by atoms with Gasteiger partial charge in [0.2, 0.25) is 5.75 Å². The van der Waals surface area contributed by atoms with Crippen molar-refractivity contribution in [2.45, 2.75) is 44.1 Å². The molecule has 1 N–H and O–H groups in total. The summed E-state index contributed by atoms with van der Waals surface area (Å²) in [4.78, 5) is 50.1. The molecule has 1 saturated carbocycles. The lowest BCUT2D eigenvalue weighted by atomic mass is 9.63. The van der Waals surface area contributed by atoms with Gasteiger partial charge >= 0.3 is 18.1 Å². The highest BCUT2D eigenvalue weighted by Crippen LogP contribution is 2.51. The molecule has 1 aliphatic carbocycles. The Labute approximate surface area is 306 Å². The Morgan fingerprint density at radius 2 is 1.68 bits per heavy atom. The number of piperidine rings is 1. The number of esters is 2. The quantitative estimate of drug-likeness (QED) is 0.128. The monoisotopic (exact) mass is 729 g/mol. The molecule has 3 unspecified atom stereocenters. The highest BCUT2D eigenvalue weighted by molar-refractivity contribution is 5.92. The molecule has 1 saturated heterocycles. The number of methoxy groups -OCH3 is 5. The molecule has 7 rings (SSSR count). The van der Waals surface area contributed by atoms with E-state index in [1.54, 1.807) is 31.6 Å².